The van der Waals surface area contributed by atoms with Crippen LogP contribution in [0.4, 0.5) is 5.69 Å². The Morgan fingerprint density at radius 2 is 1.90 bits per heavy atom. The highest BCUT2D eigenvalue weighted by Crippen LogP contribution is 2.32. The molecule has 0 radical (unpaired) electrons. The summed E-state index contributed by atoms with van der Waals surface area (Å²) in [5.74, 6) is 0.559. The maximum absolute atomic E-state index is 11.6. The molecule has 1 heterocycles. The lowest BCUT2D eigenvalue weighted by molar-refractivity contribution is -0.123. The molecule has 0 atom stereocenters. The van der Waals surface area contributed by atoms with Crippen LogP contribution in [-0.4, -0.2) is 38.1 Å². The first-order valence-corrected chi connectivity index (χ1v) is 6.35. The fourth-order valence-corrected chi connectivity index (χ4v) is 1.70. The van der Waals surface area contributed by atoms with E-state index in [-0.39, 0.29) is 24.9 Å². The Balaban J connectivity index is 1.94. The highest BCUT2D eigenvalue weighted by molar-refractivity contribution is 5.95. The molecule has 0 aliphatic carbocycles. The Hall–Kier alpha value is -2.28. The summed E-state index contributed by atoms with van der Waals surface area (Å²) in [4.78, 5) is 22.6. The fraction of sp³-hybridized carbons (Fsp3) is 0.385. The standard InChI is InChI=1S/C13H17N3O4/c14-7-12(17)15-8-13(18)16-9-2-3-10-11(6-9)20-5-1-4-19-10/h2-3,6H,1,4-5,7-8,14H2,(H,15,17)(H,16,18). The van der Waals surface area contributed by atoms with Crippen LogP contribution in [0.25, 0.3) is 0 Å². The lowest BCUT2D eigenvalue weighted by atomic mass is 10.2. The molecule has 0 spiro atoms. The molecule has 4 N–H and O–H groups in total. The smallest absolute Gasteiger partial charge is 0.243 e. The second-order valence-corrected chi connectivity index (χ2v) is 4.24. The van der Waals surface area contributed by atoms with Crippen LogP contribution >= 0.6 is 0 Å². The summed E-state index contributed by atoms with van der Waals surface area (Å²) < 4.78 is 11.0. The Labute approximate surface area is 116 Å². The van der Waals surface area contributed by atoms with Crippen LogP contribution in [0, 0.1) is 0 Å². The molecule has 1 aromatic carbocycles. The van der Waals surface area contributed by atoms with Gasteiger partial charge >= 0.3 is 0 Å². The summed E-state index contributed by atoms with van der Waals surface area (Å²) in [6.45, 7) is 0.933. The average molecular weight is 279 g/mol. The Bertz CT molecular complexity index is 504. The van der Waals surface area contributed by atoms with Gasteiger partial charge in [-0.1, -0.05) is 0 Å². The third-order valence-corrected chi connectivity index (χ3v) is 2.66. The van der Waals surface area contributed by atoms with Crippen molar-refractivity contribution in [2.75, 3.05) is 31.6 Å². The van der Waals surface area contributed by atoms with Gasteiger partial charge in [0.25, 0.3) is 0 Å². The molecular formula is C13H17N3O4. The van der Waals surface area contributed by atoms with Gasteiger partial charge in [0, 0.05) is 18.2 Å². The molecule has 1 aliphatic heterocycles. The van der Waals surface area contributed by atoms with Crippen molar-refractivity contribution in [2.24, 2.45) is 5.73 Å². The zero-order valence-electron chi connectivity index (χ0n) is 11.0. The Morgan fingerprint density at radius 1 is 1.15 bits per heavy atom. The molecule has 20 heavy (non-hydrogen) atoms. The molecule has 0 aromatic heterocycles. The number of hydrogen-bond donors (Lipinski definition) is 3. The molecule has 0 saturated carbocycles. The summed E-state index contributed by atoms with van der Waals surface area (Å²) in [6.07, 6.45) is 0.821. The van der Waals surface area contributed by atoms with Gasteiger partial charge in [-0.05, 0) is 12.1 Å². The number of carbonyl (C=O) groups excluding carboxylic acids is 2. The number of ether oxygens (including phenoxy) is 2. The maximum Gasteiger partial charge on any atom is 0.243 e. The zero-order valence-corrected chi connectivity index (χ0v) is 11.0. The Kier molecular flexibility index (Phi) is 4.78. The van der Waals surface area contributed by atoms with E-state index >= 15 is 0 Å². The van der Waals surface area contributed by atoms with Crippen molar-refractivity contribution < 1.29 is 19.1 Å². The van der Waals surface area contributed by atoms with Crippen molar-refractivity contribution in [1.82, 2.24) is 5.32 Å². The van der Waals surface area contributed by atoms with Gasteiger partial charge in [-0.25, -0.2) is 0 Å². The molecule has 2 amide bonds. The fourth-order valence-electron chi connectivity index (χ4n) is 1.70. The molecule has 2 rings (SSSR count). The third kappa shape index (κ3) is 3.86. The van der Waals surface area contributed by atoms with Gasteiger partial charge in [-0.2, -0.15) is 0 Å². The van der Waals surface area contributed by atoms with Crippen molar-refractivity contribution in [3.63, 3.8) is 0 Å². The molecule has 1 aromatic rings. The normalized spacial score (nSPS) is 13.2. The number of anilines is 1. The number of nitrogens with one attached hydrogen (secondary N) is 2. The quantitative estimate of drug-likeness (QED) is 0.712. The summed E-state index contributed by atoms with van der Waals surface area (Å²) in [5.41, 5.74) is 5.71. The monoisotopic (exact) mass is 279 g/mol. The van der Waals surface area contributed by atoms with Gasteiger partial charge in [0.05, 0.1) is 26.3 Å². The van der Waals surface area contributed by atoms with E-state index < -0.39 is 0 Å². The van der Waals surface area contributed by atoms with Crippen molar-refractivity contribution in [1.29, 1.82) is 0 Å². The second kappa shape index (κ2) is 6.76. The largest absolute Gasteiger partial charge is 0.490 e. The van der Waals surface area contributed by atoms with Crippen LogP contribution in [-0.2, 0) is 9.59 Å². The van der Waals surface area contributed by atoms with E-state index in [4.69, 9.17) is 15.2 Å². The van der Waals surface area contributed by atoms with Crippen LogP contribution in [0.2, 0.25) is 0 Å². The minimum atomic E-state index is -0.376. The molecule has 0 unspecified atom stereocenters. The summed E-state index contributed by atoms with van der Waals surface area (Å²) in [6, 6.07) is 5.16. The van der Waals surface area contributed by atoms with Crippen LogP contribution < -0.4 is 25.8 Å². The number of benzene rings is 1. The van der Waals surface area contributed by atoms with Crippen molar-refractivity contribution in [2.45, 2.75) is 6.42 Å². The first-order chi connectivity index (χ1) is 9.69. The van der Waals surface area contributed by atoms with E-state index in [1.54, 1.807) is 18.2 Å². The number of rotatable bonds is 4. The minimum absolute atomic E-state index is 0.121. The Morgan fingerprint density at radius 3 is 2.65 bits per heavy atom. The summed E-state index contributed by atoms with van der Waals surface area (Å²) >= 11 is 0. The zero-order chi connectivity index (χ0) is 14.4. The lowest BCUT2D eigenvalue weighted by Gasteiger charge is -2.10. The number of carbonyl (C=O) groups is 2. The third-order valence-electron chi connectivity index (χ3n) is 2.66. The summed E-state index contributed by atoms with van der Waals surface area (Å²) in [7, 11) is 0. The highest BCUT2D eigenvalue weighted by Gasteiger charge is 2.12. The first kappa shape index (κ1) is 14.1. The molecular weight excluding hydrogens is 262 g/mol. The maximum atomic E-state index is 11.6. The van der Waals surface area contributed by atoms with Crippen molar-refractivity contribution in [3.8, 4) is 11.5 Å². The number of amides is 2. The van der Waals surface area contributed by atoms with Gasteiger partial charge in [0.15, 0.2) is 11.5 Å². The van der Waals surface area contributed by atoms with E-state index in [1.165, 1.54) is 0 Å². The van der Waals surface area contributed by atoms with Gasteiger partial charge in [-0.15, -0.1) is 0 Å². The van der Waals surface area contributed by atoms with Crippen LogP contribution in [0.3, 0.4) is 0 Å². The van der Waals surface area contributed by atoms with E-state index in [9.17, 15) is 9.59 Å². The SMILES string of the molecule is NCC(=O)NCC(=O)Nc1ccc2c(c1)OCCCO2. The average Bonchev–Trinajstić information content (AvgIpc) is 2.69. The predicted octanol–water partition coefficient (Wildman–Crippen LogP) is -0.139. The van der Waals surface area contributed by atoms with Crippen LogP contribution in [0.1, 0.15) is 6.42 Å². The van der Waals surface area contributed by atoms with Crippen molar-refractivity contribution >= 4 is 17.5 Å². The number of fused-ring (bicyclic) bond motifs is 1. The molecule has 0 fully saturated rings. The van der Waals surface area contributed by atoms with Gasteiger partial charge < -0.3 is 25.8 Å². The molecule has 7 heteroatoms. The summed E-state index contributed by atoms with van der Waals surface area (Å²) in [5, 5.41) is 5.05. The molecule has 1 aliphatic rings. The van der Waals surface area contributed by atoms with E-state index in [0.717, 1.165) is 6.42 Å². The lowest BCUT2D eigenvalue weighted by Crippen LogP contribution is -2.36. The minimum Gasteiger partial charge on any atom is -0.490 e. The van der Waals surface area contributed by atoms with Gasteiger partial charge in [0.2, 0.25) is 11.8 Å². The number of hydrogen-bond acceptors (Lipinski definition) is 5. The number of nitrogens with two attached hydrogens (primary N) is 1. The molecule has 0 bridgehead atoms. The van der Waals surface area contributed by atoms with Crippen LogP contribution in [0.5, 0.6) is 11.5 Å². The van der Waals surface area contributed by atoms with Crippen LogP contribution in [0.15, 0.2) is 18.2 Å². The van der Waals surface area contributed by atoms with Gasteiger partial charge in [0.1, 0.15) is 0 Å². The predicted molar refractivity (Wildman–Crippen MR) is 72.7 cm³/mol. The van der Waals surface area contributed by atoms with Crippen molar-refractivity contribution in [3.05, 3.63) is 18.2 Å². The van der Waals surface area contributed by atoms with Gasteiger partial charge in [-0.3, -0.25) is 9.59 Å². The first-order valence-electron chi connectivity index (χ1n) is 6.35. The van der Waals surface area contributed by atoms with E-state index in [2.05, 4.69) is 10.6 Å². The van der Waals surface area contributed by atoms with E-state index in [1.807, 2.05) is 0 Å². The molecule has 7 nitrogen and oxygen atoms in total. The molecule has 0 saturated heterocycles. The second-order valence-electron chi connectivity index (χ2n) is 4.24. The highest BCUT2D eigenvalue weighted by atomic mass is 16.5. The van der Waals surface area contributed by atoms with E-state index in [0.29, 0.717) is 30.4 Å². The molecule has 108 valence electrons. The topological polar surface area (TPSA) is 103 Å².